The zero-order chi connectivity index (χ0) is 20.5. The monoisotopic (exact) mass is 399 g/mol. The molecule has 3 N–H and O–H groups in total. The second-order valence-corrected chi connectivity index (χ2v) is 7.89. The van der Waals surface area contributed by atoms with E-state index in [0.29, 0.717) is 24.8 Å². The van der Waals surface area contributed by atoms with E-state index < -0.39 is 0 Å². The molecule has 0 aliphatic carbocycles. The number of guanidine groups is 1. The number of nitrogens with zero attached hydrogens (tertiary/aromatic N) is 2. The maximum atomic E-state index is 12.6. The van der Waals surface area contributed by atoms with Crippen LogP contribution in [0.3, 0.4) is 0 Å². The van der Waals surface area contributed by atoms with Gasteiger partial charge in [0.15, 0.2) is 5.96 Å². The van der Waals surface area contributed by atoms with Crippen LogP contribution in [0.2, 0.25) is 0 Å². The number of hydrogen-bond acceptors (Lipinski definition) is 3. The van der Waals surface area contributed by atoms with Gasteiger partial charge in [-0.15, -0.1) is 0 Å². The van der Waals surface area contributed by atoms with Crippen LogP contribution in [0.4, 0.5) is 0 Å². The van der Waals surface area contributed by atoms with Crippen molar-refractivity contribution in [3.63, 3.8) is 0 Å². The average Bonchev–Trinajstić information content (AvgIpc) is 2.75. The Kier molecular flexibility index (Phi) is 7.90. The molecule has 0 saturated carbocycles. The fraction of sp³-hybridized carbons (Fsp3) is 0.591. The van der Waals surface area contributed by atoms with Crippen molar-refractivity contribution >= 4 is 17.8 Å². The minimum Gasteiger partial charge on any atom is -0.357 e. The van der Waals surface area contributed by atoms with Crippen LogP contribution in [0.1, 0.15) is 38.2 Å². The zero-order valence-corrected chi connectivity index (χ0v) is 17.3. The quantitative estimate of drug-likeness (QED) is 0.497. The van der Waals surface area contributed by atoms with Gasteiger partial charge in [0.25, 0.3) is 0 Å². The van der Waals surface area contributed by atoms with Gasteiger partial charge >= 0.3 is 0 Å². The van der Waals surface area contributed by atoms with E-state index >= 15 is 0 Å². The molecule has 0 spiro atoms. The summed E-state index contributed by atoms with van der Waals surface area (Å²) in [5.41, 5.74) is 1.38. The first-order chi connectivity index (χ1) is 14.1. The maximum absolute atomic E-state index is 12.6. The van der Waals surface area contributed by atoms with Gasteiger partial charge in [0, 0.05) is 38.6 Å². The van der Waals surface area contributed by atoms with Crippen LogP contribution < -0.4 is 16.0 Å². The van der Waals surface area contributed by atoms with Crippen LogP contribution in [0.25, 0.3) is 0 Å². The molecule has 7 nitrogen and oxygen atoms in total. The van der Waals surface area contributed by atoms with Gasteiger partial charge in [-0.05, 0) is 44.1 Å². The van der Waals surface area contributed by atoms with Gasteiger partial charge in [0.05, 0.1) is 0 Å². The van der Waals surface area contributed by atoms with E-state index in [1.54, 1.807) is 0 Å². The number of hydrogen-bond donors (Lipinski definition) is 3. The molecule has 1 aromatic rings. The van der Waals surface area contributed by atoms with E-state index in [0.717, 1.165) is 45.3 Å². The normalized spacial score (nSPS) is 20.9. The van der Waals surface area contributed by atoms with Crippen LogP contribution in [-0.2, 0) is 16.0 Å². The molecule has 0 bridgehead atoms. The SMILES string of the molecule is CCNC(=NCC(=O)N1CCC(Cc2ccccc2)CC1)NC1CCC(=O)NC1. The van der Waals surface area contributed by atoms with Crippen LogP contribution in [0, 0.1) is 5.92 Å². The number of benzene rings is 1. The molecule has 1 atom stereocenters. The molecule has 2 saturated heterocycles. The molecule has 1 unspecified atom stereocenters. The number of likely N-dealkylation sites (tertiary alicyclic amines) is 1. The topological polar surface area (TPSA) is 85.8 Å². The molecule has 0 aromatic heterocycles. The van der Waals surface area contributed by atoms with E-state index in [2.05, 4.69) is 45.2 Å². The maximum Gasteiger partial charge on any atom is 0.244 e. The molecule has 1 aromatic carbocycles. The van der Waals surface area contributed by atoms with Crippen LogP contribution >= 0.6 is 0 Å². The Bertz CT molecular complexity index is 688. The molecule has 7 heteroatoms. The van der Waals surface area contributed by atoms with Crippen molar-refractivity contribution in [3.05, 3.63) is 35.9 Å². The van der Waals surface area contributed by atoms with E-state index in [1.165, 1.54) is 5.56 Å². The molecular weight excluding hydrogens is 366 g/mol. The fourth-order valence-electron chi connectivity index (χ4n) is 3.95. The molecule has 0 radical (unpaired) electrons. The highest BCUT2D eigenvalue weighted by molar-refractivity contribution is 5.85. The van der Waals surface area contributed by atoms with Crippen molar-refractivity contribution < 1.29 is 9.59 Å². The number of rotatable bonds is 6. The molecule has 29 heavy (non-hydrogen) atoms. The first kappa shape index (κ1) is 21.1. The van der Waals surface area contributed by atoms with Crippen molar-refractivity contribution in [1.82, 2.24) is 20.9 Å². The molecule has 2 aliphatic rings. The molecule has 2 heterocycles. The minimum atomic E-state index is 0.0808. The fourth-order valence-corrected chi connectivity index (χ4v) is 3.95. The lowest BCUT2D eigenvalue weighted by Gasteiger charge is -2.32. The van der Waals surface area contributed by atoms with Gasteiger partial charge in [-0.2, -0.15) is 0 Å². The van der Waals surface area contributed by atoms with Gasteiger partial charge < -0.3 is 20.9 Å². The standard InChI is InChI=1S/C22H33N5O2/c1-2-23-22(26-19-8-9-20(28)24-15-19)25-16-21(29)27-12-10-18(11-13-27)14-17-6-4-3-5-7-17/h3-7,18-19H,2,8-16H2,1H3,(H,24,28)(H2,23,25,26). The zero-order valence-electron chi connectivity index (χ0n) is 17.3. The van der Waals surface area contributed by atoms with Gasteiger partial charge in [0.1, 0.15) is 6.54 Å². The van der Waals surface area contributed by atoms with E-state index in [1.807, 2.05) is 17.9 Å². The summed E-state index contributed by atoms with van der Waals surface area (Å²) in [6, 6.07) is 10.7. The highest BCUT2D eigenvalue weighted by atomic mass is 16.2. The third-order valence-electron chi connectivity index (χ3n) is 5.66. The lowest BCUT2D eigenvalue weighted by atomic mass is 9.90. The van der Waals surface area contributed by atoms with Crippen molar-refractivity contribution in [1.29, 1.82) is 0 Å². The number of carbonyl (C=O) groups excluding carboxylic acids is 2. The predicted molar refractivity (Wildman–Crippen MR) is 115 cm³/mol. The largest absolute Gasteiger partial charge is 0.357 e. The summed E-state index contributed by atoms with van der Waals surface area (Å²) < 4.78 is 0. The Morgan fingerprint density at radius 1 is 1.21 bits per heavy atom. The average molecular weight is 400 g/mol. The number of nitrogens with one attached hydrogen (secondary N) is 3. The van der Waals surface area contributed by atoms with Crippen LogP contribution in [-0.4, -0.2) is 61.4 Å². The molecule has 2 fully saturated rings. The summed E-state index contributed by atoms with van der Waals surface area (Å²) >= 11 is 0. The molecule has 2 amide bonds. The van der Waals surface area contributed by atoms with Gasteiger partial charge in [-0.25, -0.2) is 4.99 Å². The van der Waals surface area contributed by atoms with Crippen molar-refractivity contribution in [2.75, 3.05) is 32.7 Å². The van der Waals surface area contributed by atoms with E-state index in [4.69, 9.17) is 0 Å². The van der Waals surface area contributed by atoms with Crippen molar-refractivity contribution in [3.8, 4) is 0 Å². The summed E-state index contributed by atoms with van der Waals surface area (Å²) in [7, 11) is 0. The molecular formula is C22H33N5O2. The summed E-state index contributed by atoms with van der Waals surface area (Å²) in [5.74, 6) is 1.46. The number of piperidine rings is 2. The molecule has 3 rings (SSSR count). The second-order valence-electron chi connectivity index (χ2n) is 7.89. The highest BCUT2D eigenvalue weighted by Gasteiger charge is 2.23. The van der Waals surface area contributed by atoms with E-state index in [9.17, 15) is 9.59 Å². The first-order valence-corrected chi connectivity index (χ1v) is 10.8. The summed E-state index contributed by atoms with van der Waals surface area (Å²) in [6.45, 7) is 5.09. The number of aliphatic imine (C=N–C) groups is 1. The second kappa shape index (κ2) is 10.8. The Hall–Kier alpha value is -2.57. The minimum absolute atomic E-state index is 0.0808. The molecule has 2 aliphatic heterocycles. The Balaban J connectivity index is 1.44. The number of carbonyl (C=O) groups is 2. The summed E-state index contributed by atoms with van der Waals surface area (Å²) in [5, 5.41) is 9.37. The van der Waals surface area contributed by atoms with Gasteiger partial charge in [-0.3, -0.25) is 9.59 Å². The Labute approximate surface area is 173 Å². The first-order valence-electron chi connectivity index (χ1n) is 10.8. The van der Waals surface area contributed by atoms with Crippen LogP contribution in [0.15, 0.2) is 35.3 Å². The third kappa shape index (κ3) is 6.76. The van der Waals surface area contributed by atoms with Crippen molar-refractivity contribution in [2.45, 2.75) is 45.1 Å². The highest BCUT2D eigenvalue weighted by Crippen LogP contribution is 2.21. The predicted octanol–water partition coefficient (Wildman–Crippen LogP) is 1.30. The van der Waals surface area contributed by atoms with Gasteiger partial charge in [0.2, 0.25) is 11.8 Å². The van der Waals surface area contributed by atoms with E-state index in [-0.39, 0.29) is 24.4 Å². The molecule has 158 valence electrons. The lowest BCUT2D eigenvalue weighted by molar-refractivity contribution is -0.131. The summed E-state index contributed by atoms with van der Waals surface area (Å²) in [6.07, 6.45) is 4.48. The Morgan fingerprint density at radius 3 is 2.62 bits per heavy atom. The van der Waals surface area contributed by atoms with Gasteiger partial charge in [-0.1, -0.05) is 30.3 Å². The van der Waals surface area contributed by atoms with Crippen molar-refractivity contribution in [2.24, 2.45) is 10.9 Å². The third-order valence-corrected chi connectivity index (χ3v) is 5.66. The number of amides is 2. The Morgan fingerprint density at radius 2 is 1.97 bits per heavy atom. The van der Waals surface area contributed by atoms with Crippen LogP contribution in [0.5, 0.6) is 0 Å². The smallest absolute Gasteiger partial charge is 0.244 e. The summed E-state index contributed by atoms with van der Waals surface area (Å²) in [4.78, 5) is 30.3. The lowest BCUT2D eigenvalue weighted by Crippen LogP contribution is -2.51.